The minimum Gasteiger partial charge on any atom is -0.456 e. The van der Waals surface area contributed by atoms with Gasteiger partial charge in [0, 0.05) is 67.9 Å². The average Bonchev–Trinajstić information content (AvgIpc) is 3.80. The molecule has 2 aliphatic carbocycles. The van der Waals surface area contributed by atoms with Crippen LogP contribution in [0, 0.1) is 0 Å². The Balaban J connectivity index is 1.03. The van der Waals surface area contributed by atoms with E-state index in [2.05, 4.69) is 219 Å². The molecule has 9 aromatic rings. The van der Waals surface area contributed by atoms with Crippen molar-refractivity contribution in [1.82, 2.24) is 0 Å². The second-order valence-corrected chi connectivity index (χ2v) is 16.6. The Labute approximate surface area is 334 Å². The lowest BCUT2D eigenvalue weighted by atomic mass is 9.82. The highest BCUT2D eigenvalue weighted by Crippen LogP contribution is 2.52. The lowest BCUT2D eigenvalue weighted by Gasteiger charge is -2.27. The minimum atomic E-state index is -0.0486. The van der Waals surface area contributed by atoms with Crippen LogP contribution in [-0.2, 0) is 10.8 Å². The molecule has 0 unspecified atom stereocenters. The van der Waals surface area contributed by atoms with E-state index in [4.69, 9.17) is 4.42 Å². The Hall–Kier alpha value is -6.84. The summed E-state index contributed by atoms with van der Waals surface area (Å²) in [6, 6.07) is 66.1. The maximum Gasteiger partial charge on any atom is 0.137 e. The summed E-state index contributed by atoms with van der Waals surface area (Å²) in [6.45, 7) is 9.32. The first-order chi connectivity index (χ1) is 27.8. The fourth-order valence-electron chi connectivity index (χ4n) is 9.78. The van der Waals surface area contributed by atoms with Gasteiger partial charge in [0.25, 0.3) is 0 Å². The van der Waals surface area contributed by atoms with E-state index < -0.39 is 0 Å². The first kappa shape index (κ1) is 33.5. The molecule has 0 amide bonds. The van der Waals surface area contributed by atoms with E-state index in [9.17, 15) is 0 Å². The molecule has 3 nitrogen and oxygen atoms in total. The number of benzene rings is 8. The van der Waals surface area contributed by atoms with E-state index >= 15 is 0 Å². The van der Waals surface area contributed by atoms with Crippen molar-refractivity contribution in [3.63, 3.8) is 0 Å². The van der Waals surface area contributed by atoms with Gasteiger partial charge in [0.15, 0.2) is 0 Å². The zero-order valence-corrected chi connectivity index (χ0v) is 32.6. The van der Waals surface area contributed by atoms with Crippen molar-refractivity contribution in [1.29, 1.82) is 0 Å². The molecule has 1 heterocycles. The topological polar surface area (TPSA) is 19.6 Å². The number of hydrogen-bond donors (Lipinski definition) is 0. The normalized spacial score (nSPS) is 14.2. The molecule has 0 radical (unpaired) electrons. The predicted molar refractivity (Wildman–Crippen MR) is 238 cm³/mol. The number of furan rings is 1. The highest BCUT2D eigenvalue weighted by Gasteiger charge is 2.37. The second kappa shape index (κ2) is 12.3. The summed E-state index contributed by atoms with van der Waals surface area (Å²) in [5.41, 5.74) is 18.8. The third kappa shape index (κ3) is 5.05. The molecule has 57 heavy (non-hydrogen) atoms. The van der Waals surface area contributed by atoms with Gasteiger partial charge in [-0.05, 0) is 117 Å². The van der Waals surface area contributed by atoms with Gasteiger partial charge in [-0.2, -0.15) is 0 Å². The summed E-state index contributed by atoms with van der Waals surface area (Å²) in [6.07, 6.45) is 0. The molecule has 274 valence electrons. The number of rotatable bonds is 6. The van der Waals surface area contributed by atoms with Crippen molar-refractivity contribution in [3.05, 3.63) is 204 Å². The van der Waals surface area contributed by atoms with Crippen LogP contribution in [0.1, 0.15) is 49.9 Å². The third-order valence-corrected chi connectivity index (χ3v) is 12.6. The highest BCUT2D eigenvalue weighted by atomic mass is 16.3. The van der Waals surface area contributed by atoms with Crippen molar-refractivity contribution < 1.29 is 4.42 Å². The molecule has 0 fully saturated rings. The van der Waals surface area contributed by atoms with Gasteiger partial charge in [-0.1, -0.05) is 125 Å². The SMILES string of the molecule is CC1(C)c2ccccc2-c2cc(N(c3ccccc3)c3ccc4c(c3)oc3cc(N(c5ccccc5)c5ccc6c(c5)-c5ccccc5C6(C)C)ccc34)ccc21. The van der Waals surface area contributed by atoms with E-state index in [1.807, 2.05) is 0 Å². The summed E-state index contributed by atoms with van der Waals surface area (Å²) in [4.78, 5) is 4.69. The van der Waals surface area contributed by atoms with E-state index in [1.165, 1.54) is 44.5 Å². The molecule has 3 heteroatoms. The maximum absolute atomic E-state index is 6.82. The van der Waals surface area contributed by atoms with Gasteiger partial charge in [0.05, 0.1) is 0 Å². The van der Waals surface area contributed by atoms with Crippen LogP contribution in [0.25, 0.3) is 44.2 Å². The second-order valence-electron chi connectivity index (χ2n) is 16.6. The lowest BCUT2D eigenvalue weighted by molar-refractivity contribution is 0.660. The fraction of sp³-hybridized carbons (Fsp3) is 0.111. The predicted octanol–water partition coefficient (Wildman–Crippen LogP) is 15.1. The molecular formula is C54H42N2O. The molecule has 0 atom stereocenters. The Bertz CT molecular complexity index is 2820. The van der Waals surface area contributed by atoms with Gasteiger partial charge in [-0.15, -0.1) is 0 Å². The first-order valence-corrected chi connectivity index (χ1v) is 19.9. The highest BCUT2D eigenvalue weighted by molar-refractivity contribution is 6.07. The molecule has 0 saturated carbocycles. The average molecular weight is 735 g/mol. The van der Waals surface area contributed by atoms with E-state index in [0.717, 1.165) is 56.1 Å². The fourth-order valence-corrected chi connectivity index (χ4v) is 9.78. The smallest absolute Gasteiger partial charge is 0.137 e. The Morgan fingerprint density at radius 3 is 1.11 bits per heavy atom. The zero-order valence-electron chi connectivity index (χ0n) is 32.6. The van der Waals surface area contributed by atoms with Crippen LogP contribution in [-0.4, -0.2) is 0 Å². The quantitative estimate of drug-likeness (QED) is 0.170. The number of fused-ring (bicyclic) bond motifs is 9. The van der Waals surface area contributed by atoms with E-state index in [-0.39, 0.29) is 10.8 Å². The molecule has 0 spiro atoms. The third-order valence-electron chi connectivity index (χ3n) is 12.6. The number of nitrogens with zero attached hydrogens (tertiary/aromatic N) is 2. The van der Waals surface area contributed by atoms with E-state index in [1.54, 1.807) is 0 Å². The van der Waals surface area contributed by atoms with Crippen LogP contribution in [0.4, 0.5) is 34.1 Å². The zero-order chi connectivity index (χ0) is 38.5. The molecule has 0 saturated heterocycles. The summed E-state index contributed by atoms with van der Waals surface area (Å²) in [7, 11) is 0. The largest absolute Gasteiger partial charge is 0.456 e. The first-order valence-electron chi connectivity index (χ1n) is 19.9. The van der Waals surface area contributed by atoms with Crippen LogP contribution in [0.2, 0.25) is 0 Å². The standard InChI is InChI=1S/C54H42N2O/c1-53(2)47-21-13-11-19-41(47)45-31-37(25-29-49(45)53)55(35-15-7-5-8-16-35)39-23-27-43-44-28-24-40(34-52(44)57-51(43)33-39)56(36-17-9-6-10-18-36)38-26-30-50-46(32-38)42-20-12-14-22-48(42)54(50,3)4/h5-34H,1-4H3. The van der Waals surface area contributed by atoms with Crippen LogP contribution >= 0.6 is 0 Å². The van der Waals surface area contributed by atoms with Gasteiger partial charge in [0.1, 0.15) is 11.2 Å². The van der Waals surface area contributed by atoms with E-state index in [0.29, 0.717) is 0 Å². The molecule has 1 aromatic heterocycles. The van der Waals surface area contributed by atoms with Gasteiger partial charge in [-0.3, -0.25) is 0 Å². The van der Waals surface area contributed by atoms with Crippen molar-refractivity contribution in [2.45, 2.75) is 38.5 Å². The van der Waals surface area contributed by atoms with Crippen LogP contribution in [0.3, 0.4) is 0 Å². The number of hydrogen-bond acceptors (Lipinski definition) is 3. The molecule has 11 rings (SSSR count). The summed E-state index contributed by atoms with van der Waals surface area (Å²) in [5, 5.41) is 2.20. The maximum atomic E-state index is 6.82. The molecule has 0 bridgehead atoms. The Morgan fingerprint density at radius 1 is 0.316 bits per heavy atom. The molecule has 2 aliphatic rings. The van der Waals surface area contributed by atoms with Gasteiger partial charge < -0.3 is 14.2 Å². The van der Waals surface area contributed by atoms with Crippen molar-refractivity contribution in [2.24, 2.45) is 0 Å². The van der Waals surface area contributed by atoms with Crippen LogP contribution in [0.5, 0.6) is 0 Å². The monoisotopic (exact) mass is 734 g/mol. The molecular weight excluding hydrogens is 693 g/mol. The Kier molecular flexibility index (Phi) is 7.25. The van der Waals surface area contributed by atoms with Crippen molar-refractivity contribution in [2.75, 3.05) is 9.80 Å². The molecule has 0 aliphatic heterocycles. The summed E-state index contributed by atoms with van der Waals surface area (Å²) < 4.78 is 6.82. The molecule has 0 N–H and O–H groups in total. The summed E-state index contributed by atoms with van der Waals surface area (Å²) >= 11 is 0. The van der Waals surface area contributed by atoms with Gasteiger partial charge >= 0.3 is 0 Å². The van der Waals surface area contributed by atoms with Gasteiger partial charge in [0.2, 0.25) is 0 Å². The minimum absolute atomic E-state index is 0.0486. The number of anilines is 6. The van der Waals surface area contributed by atoms with Crippen molar-refractivity contribution in [3.8, 4) is 22.3 Å². The lowest BCUT2D eigenvalue weighted by Crippen LogP contribution is -2.15. The summed E-state index contributed by atoms with van der Waals surface area (Å²) in [5.74, 6) is 0. The number of para-hydroxylation sites is 2. The van der Waals surface area contributed by atoms with Crippen LogP contribution < -0.4 is 9.80 Å². The molecule has 8 aromatic carbocycles. The van der Waals surface area contributed by atoms with Crippen LogP contribution in [0.15, 0.2) is 186 Å². The Morgan fingerprint density at radius 2 is 0.667 bits per heavy atom. The van der Waals surface area contributed by atoms with Gasteiger partial charge in [-0.25, -0.2) is 0 Å². The van der Waals surface area contributed by atoms with Crippen molar-refractivity contribution >= 4 is 56.1 Å².